The molecule has 0 radical (unpaired) electrons. The molecule has 144 valence electrons. The number of aliphatic imine (C=N–C) groups is 1. The van der Waals surface area contributed by atoms with Gasteiger partial charge in [-0.25, -0.2) is 0 Å². The number of rotatable bonds is 9. The zero-order valence-corrected chi connectivity index (χ0v) is 18.6. The summed E-state index contributed by atoms with van der Waals surface area (Å²) in [5, 5.41) is 5.33. The van der Waals surface area contributed by atoms with Gasteiger partial charge in [-0.15, -0.1) is 35.3 Å². The van der Waals surface area contributed by atoms with Crippen LogP contribution in [0.15, 0.2) is 22.5 Å². The van der Waals surface area contributed by atoms with E-state index in [0.717, 1.165) is 51.7 Å². The van der Waals surface area contributed by atoms with Gasteiger partial charge in [-0.1, -0.05) is 13.0 Å². The Balaban J connectivity index is 0.00000312. The van der Waals surface area contributed by atoms with Crippen LogP contribution >= 0.6 is 35.3 Å². The van der Waals surface area contributed by atoms with Gasteiger partial charge in [-0.05, 0) is 56.6 Å². The summed E-state index contributed by atoms with van der Waals surface area (Å²) < 4.78 is 5.32. The maximum atomic E-state index is 6.02. The lowest BCUT2D eigenvalue weighted by molar-refractivity contribution is 0.143. The van der Waals surface area contributed by atoms with E-state index < -0.39 is 0 Å². The second-order valence-electron chi connectivity index (χ2n) is 6.45. The second-order valence-corrected chi connectivity index (χ2v) is 7.43. The van der Waals surface area contributed by atoms with Crippen LogP contribution in [-0.2, 0) is 4.74 Å². The van der Waals surface area contributed by atoms with Crippen LogP contribution in [0.25, 0.3) is 0 Å². The van der Waals surface area contributed by atoms with Crippen LogP contribution in [0.3, 0.4) is 0 Å². The topological polar surface area (TPSA) is 62.9 Å². The zero-order chi connectivity index (χ0) is 17.2. The Morgan fingerprint density at radius 1 is 1.48 bits per heavy atom. The van der Waals surface area contributed by atoms with Crippen LogP contribution in [-0.4, -0.2) is 50.3 Å². The van der Waals surface area contributed by atoms with E-state index in [4.69, 9.17) is 10.5 Å². The maximum absolute atomic E-state index is 6.02. The average Bonchev–Trinajstić information content (AvgIpc) is 3.11. The van der Waals surface area contributed by atoms with Crippen molar-refractivity contribution >= 4 is 41.3 Å². The molecule has 2 rings (SSSR count). The van der Waals surface area contributed by atoms with Crippen molar-refractivity contribution < 1.29 is 4.74 Å². The molecule has 0 bridgehead atoms. The predicted octanol–water partition coefficient (Wildman–Crippen LogP) is 3.47. The van der Waals surface area contributed by atoms with Gasteiger partial charge in [0.15, 0.2) is 5.96 Å². The minimum atomic E-state index is 0. The Hall–Kier alpha value is -0.380. The first-order valence-corrected chi connectivity index (χ1v) is 9.97. The molecular formula is C18H33IN4OS. The highest BCUT2D eigenvalue weighted by molar-refractivity contribution is 14.0. The Kier molecular flexibility index (Phi) is 11.7. The summed E-state index contributed by atoms with van der Waals surface area (Å²) in [4.78, 5) is 8.55. The SMILES string of the molecule is CCOCCCNC(N)=NCC(c1cccs1)N1CCC(C)CC1.I. The molecule has 1 aliphatic heterocycles. The first-order valence-electron chi connectivity index (χ1n) is 9.09. The number of ether oxygens (including phenoxy) is 1. The molecule has 0 aromatic carbocycles. The van der Waals surface area contributed by atoms with Crippen molar-refractivity contribution in [3.8, 4) is 0 Å². The van der Waals surface area contributed by atoms with Crippen LogP contribution < -0.4 is 11.1 Å². The molecule has 1 aromatic heterocycles. The van der Waals surface area contributed by atoms with Gasteiger partial charge in [0.2, 0.25) is 0 Å². The average molecular weight is 480 g/mol. The number of halogens is 1. The highest BCUT2D eigenvalue weighted by Gasteiger charge is 2.25. The molecule has 1 unspecified atom stereocenters. The summed E-state index contributed by atoms with van der Waals surface area (Å²) >= 11 is 1.82. The minimum Gasteiger partial charge on any atom is -0.382 e. The van der Waals surface area contributed by atoms with Crippen molar-refractivity contribution in [2.24, 2.45) is 16.6 Å². The Morgan fingerprint density at radius 3 is 2.88 bits per heavy atom. The van der Waals surface area contributed by atoms with Crippen molar-refractivity contribution in [1.29, 1.82) is 0 Å². The fourth-order valence-corrected chi connectivity index (χ4v) is 3.83. The smallest absolute Gasteiger partial charge is 0.188 e. The second kappa shape index (κ2) is 12.9. The van der Waals surface area contributed by atoms with Crippen molar-refractivity contribution in [2.45, 2.75) is 39.2 Å². The van der Waals surface area contributed by atoms with Crippen LogP contribution in [0.1, 0.15) is 44.0 Å². The number of nitrogens with two attached hydrogens (primary N) is 1. The molecule has 1 saturated heterocycles. The maximum Gasteiger partial charge on any atom is 0.188 e. The third kappa shape index (κ3) is 8.23. The number of guanidine groups is 1. The third-order valence-electron chi connectivity index (χ3n) is 4.54. The molecular weight excluding hydrogens is 447 g/mol. The van der Waals surface area contributed by atoms with E-state index in [1.807, 2.05) is 18.3 Å². The lowest BCUT2D eigenvalue weighted by atomic mass is 9.97. The van der Waals surface area contributed by atoms with Crippen molar-refractivity contribution in [3.63, 3.8) is 0 Å². The summed E-state index contributed by atoms with van der Waals surface area (Å²) in [5.41, 5.74) is 6.02. The Morgan fingerprint density at radius 2 is 2.24 bits per heavy atom. The molecule has 0 amide bonds. The molecule has 1 aliphatic rings. The molecule has 3 N–H and O–H groups in total. The molecule has 0 aliphatic carbocycles. The van der Waals surface area contributed by atoms with Gasteiger partial charge in [-0.2, -0.15) is 0 Å². The van der Waals surface area contributed by atoms with Gasteiger partial charge >= 0.3 is 0 Å². The fraction of sp³-hybridized carbons (Fsp3) is 0.722. The molecule has 1 atom stereocenters. The summed E-state index contributed by atoms with van der Waals surface area (Å²) in [6.07, 6.45) is 3.50. The first kappa shape index (κ1) is 22.7. The summed E-state index contributed by atoms with van der Waals surface area (Å²) in [6.45, 7) is 9.72. The van der Waals surface area contributed by atoms with E-state index in [-0.39, 0.29) is 24.0 Å². The quantitative estimate of drug-likeness (QED) is 0.246. The molecule has 1 fully saturated rings. The zero-order valence-electron chi connectivity index (χ0n) is 15.4. The third-order valence-corrected chi connectivity index (χ3v) is 5.51. The normalized spacial score (nSPS) is 17.9. The lowest BCUT2D eigenvalue weighted by Crippen LogP contribution is -2.38. The Labute approximate surface area is 173 Å². The largest absolute Gasteiger partial charge is 0.382 e. The van der Waals surface area contributed by atoms with Crippen molar-refractivity contribution in [2.75, 3.05) is 39.4 Å². The number of hydrogen-bond acceptors (Lipinski definition) is 4. The fourth-order valence-electron chi connectivity index (χ4n) is 2.98. The van der Waals surface area contributed by atoms with E-state index in [1.165, 1.54) is 17.7 Å². The van der Waals surface area contributed by atoms with E-state index in [0.29, 0.717) is 12.0 Å². The van der Waals surface area contributed by atoms with Gasteiger partial charge < -0.3 is 15.8 Å². The lowest BCUT2D eigenvalue weighted by Gasteiger charge is -2.35. The molecule has 25 heavy (non-hydrogen) atoms. The number of thiophene rings is 1. The number of nitrogens with one attached hydrogen (secondary N) is 1. The van der Waals surface area contributed by atoms with Gasteiger partial charge in [-0.3, -0.25) is 9.89 Å². The van der Waals surface area contributed by atoms with Crippen LogP contribution in [0.2, 0.25) is 0 Å². The van der Waals surface area contributed by atoms with Crippen LogP contribution in [0.4, 0.5) is 0 Å². The molecule has 7 heteroatoms. The number of nitrogens with zero attached hydrogens (tertiary/aromatic N) is 2. The minimum absolute atomic E-state index is 0. The molecule has 0 spiro atoms. The van der Waals surface area contributed by atoms with Gasteiger partial charge in [0, 0.05) is 24.6 Å². The number of hydrogen-bond donors (Lipinski definition) is 2. The molecule has 1 aromatic rings. The number of piperidine rings is 1. The summed E-state index contributed by atoms with van der Waals surface area (Å²) in [6, 6.07) is 4.69. The first-order chi connectivity index (χ1) is 11.7. The number of likely N-dealkylation sites (tertiary alicyclic amines) is 1. The van der Waals surface area contributed by atoms with E-state index in [1.54, 1.807) is 0 Å². The van der Waals surface area contributed by atoms with E-state index in [2.05, 4.69) is 39.6 Å². The standard InChI is InChI=1S/C18H32N4OS.HI/c1-3-23-12-5-9-20-18(19)21-14-16(17-6-4-13-24-17)22-10-7-15(2)8-11-22;/h4,6,13,15-16H,3,5,7-12,14H2,1-2H3,(H3,19,20,21);1H. The summed E-state index contributed by atoms with van der Waals surface area (Å²) in [7, 11) is 0. The van der Waals surface area contributed by atoms with Gasteiger partial charge in [0.25, 0.3) is 0 Å². The highest BCUT2D eigenvalue weighted by atomic mass is 127. The molecule has 2 heterocycles. The highest BCUT2D eigenvalue weighted by Crippen LogP contribution is 2.29. The van der Waals surface area contributed by atoms with E-state index >= 15 is 0 Å². The monoisotopic (exact) mass is 480 g/mol. The van der Waals surface area contributed by atoms with Crippen LogP contribution in [0.5, 0.6) is 0 Å². The predicted molar refractivity (Wildman–Crippen MR) is 118 cm³/mol. The summed E-state index contributed by atoms with van der Waals surface area (Å²) in [5.74, 6) is 1.38. The van der Waals surface area contributed by atoms with Gasteiger partial charge in [0.1, 0.15) is 0 Å². The van der Waals surface area contributed by atoms with Crippen LogP contribution in [0, 0.1) is 5.92 Å². The molecule has 5 nitrogen and oxygen atoms in total. The Bertz CT molecular complexity index is 475. The molecule has 0 saturated carbocycles. The van der Waals surface area contributed by atoms with Crippen molar-refractivity contribution in [3.05, 3.63) is 22.4 Å². The van der Waals surface area contributed by atoms with E-state index in [9.17, 15) is 0 Å². The van der Waals surface area contributed by atoms with Crippen molar-refractivity contribution in [1.82, 2.24) is 10.2 Å². The van der Waals surface area contributed by atoms with Gasteiger partial charge in [0.05, 0.1) is 12.6 Å².